The molecule has 2 heteroatoms. The van der Waals surface area contributed by atoms with Crippen molar-refractivity contribution in [2.24, 2.45) is 0 Å². The molecule has 0 aromatic carbocycles. The van der Waals surface area contributed by atoms with Crippen LogP contribution in [0.25, 0.3) is 0 Å². The van der Waals surface area contributed by atoms with Crippen LogP contribution in [0.2, 0.25) is 0 Å². The lowest BCUT2D eigenvalue weighted by Gasteiger charge is -2.01. The van der Waals surface area contributed by atoms with Crippen molar-refractivity contribution in [3.8, 4) is 0 Å². The van der Waals surface area contributed by atoms with Crippen molar-refractivity contribution in [3.05, 3.63) is 11.9 Å². The lowest BCUT2D eigenvalue weighted by Crippen LogP contribution is -2.18. The van der Waals surface area contributed by atoms with Gasteiger partial charge in [-0.2, -0.15) is 0 Å². The van der Waals surface area contributed by atoms with Gasteiger partial charge in [-0.3, -0.25) is 0 Å². The molecule has 0 rings (SSSR count). The van der Waals surface area contributed by atoms with E-state index in [9.17, 15) is 0 Å². The topological polar surface area (TPSA) is 24.1 Å². The van der Waals surface area contributed by atoms with E-state index >= 15 is 0 Å². The Kier molecular flexibility index (Phi) is 3.19. The second-order valence-electron chi connectivity index (χ2n) is 1.20. The SMILES string of the molecule is CC=C(NC)NC. The van der Waals surface area contributed by atoms with E-state index in [1.54, 1.807) is 0 Å². The van der Waals surface area contributed by atoms with E-state index in [1.165, 1.54) is 0 Å². The van der Waals surface area contributed by atoms with Crippen LogP contribution in [-0.2, 0) is 0 Å². The van der Waals surface area contributed by atoms with E-state index in [1.807, 2.05) is 27.1 Å². The summed E-state index contributed by atoms with van der Waals surface area (Å²) in [5.41, 5.74) is 0. The van der Waals surface area contributed by atoms with Crippen molar-refractivity contribution < 1.29 is 0 Å². The fraction of sp³-hybridized carbons (Fsp3) is 0.600. The van der Waals surface area contributed by atoms with Gasteiger partial charge in [-0.1, -0.05) is 0 Å². The zero-order chi connectivity index (χ0) is 5.70. The van der Waals surface area contributed by atoms with Crippen LogP contribution in [0.4, 0.5) is 0 Å². The highest BCUT2D eigenvalue weighted by Crippen LogP contribution is 1.73. The van der Waals surface area contributed by atoms with Gasteiger partial charge >= 0.3 is 0 Å². The van der Waals surface area contributed by atoms with Gasteiger partial charge in [-0.25, -0.2) is 0 Å². The Bertz CT molecular complexity index is 60.5. The lowest BCUT2D eigenvalue weighted by molar-refractivity contribution is 0.833. The summed E-state index contributed by atoms with van der Waals surface area (Å²) in [7, 11) is 3.76. The van der Waals surface area contributed by atoms with E-state index in [0.717, 1.165) is 5.82 Å². The third-order valence-electron chi connectivity index (χ3n) is 0.827. The molecule has 0 spiro atoms. The molecule has 0 aromatic rings. The predicted molar refractivity (Wildman–Crippen MR) is 31.9 cm³/mol. The third-order valence-corrected chi connectivity index (χ3v) is 0.827. The van der Waals surface area contributed by atoms with Crippen molar-refractivity contribution in [2.75, 3.05) is 14.1 Å². The highest BCUT2D eigenvalue weighted by molar-refractivity contribution is 4.91. The van der Waals surface area contributed by atoms with Crippen molar-refractivity contribution in [1.29, 1.82) is 0 Å². The summed E-state index contributed by atoms with van der Waals surface area (Å²) in [6.07, 6.45) is 1.97. The molecular formula is C5H12N2. The number of hydrogen-bond acceptors (Lipinski definition) is 2. The average Bonchev–Trinajstić information content (AvgIpc) is 1.72. The van der Waals surface area contributed by atoms with Gasteiger partial charge in [0, 0.05) is 14.1 Å². The fourth-order valence-electron chi connectivity index (χ4n) is 0.414. The molecule has 0 fully saturated rings. The van der Waals surface area contributed by atoms with Gasteiger partial charge in [-0.15, -0.1) is 0 Å². The zero-order valence-electron chi connectivity index (χ0n) is 5.08. The molecule has 7 heavy (non-hydrogen) atoms. The average molecular weight is 100 g/mol. The Morgan fingerprint density at radius 3 is 1.71 bits per heavy atom. The third kappa shape index (κ3) is 2.09. The Morgan fingerprint density at radius 2 is 1.71 bits per heavy atom. The molecule has 0 radical (unpaired) electrons. The first-order valence-electron chi connectivity index (χ1n) is 2.37. The quantitative estimate of drug-likeness (QED) is 0.521. The minimum Gasteiger partial charge on any atom is -0.375 e. The van der Waals surface area contributed by atoms with E-state index < -0.39 is 0 Å². The molecule has 0 amide bonds. The summed E-state index contributed by atoms with van der Waals surface area (Å²) in [5.74, 6) is 1.06. The maximum absolute atomic E-state index is 2.95. The molecule has 0 aliphatic carbocycles. The van der Waals surface area contributed by atoms with Gasteiger partial charge in [0.05, 0.1) is 5.82 Å². The molecule has 0 saturated heterocycles. The number of hydrogen-bond donors (Lipinski definition) is 2. The summed E-state index contributed by atoms with van der Waals surface area (Å²) < 4.78 is 0. The first kappa shape index (κ1) is 6.34. The zero-order valence-corrected chi connectivity index (χ0v) is 5.08. The molecule has 0 aliphatic rings. The summed E-state index contributed by atoms with van der Waals surface area (Å²) in [6, 6.07) is 0. The standard InChI is InChI=1S/C5H12N2/c1-4-5(6-2)7-3/h4,6-7H,1-3H3. The van der Waals surface area contributed by atoms with Crippen molar-refractivity contribution in [1.82, 2.24) is 10.6 Å². The van der Waals surface area contributed by atoms with Gasteiger partial charge in [0.1, 0.15) is 0 Å². The van der Waals surface area contributed by atoms with E-state index in [4.69, 9.17) is 0 Å². The van der Waals surface area contributed by atoms with Crippen LogP contribution in [0.3, 0.4) is 0 Å². The first-order chi connectivity index (χ1) is 3.35. The van der Waals surface area contributed by atoms with Crippen LogP contribution in [0.5, 0.6) is 0 Å². The number of rotatable bonds is 2. The van der Waals surface area contributed by atoms with Gasteiger partial charge in [-0.05, 0) is 13.0 Å². The maximum Gasteiger partial charge on any atom is 0.0937 e. The van der Waals surface area contributed by atoms with E-state index in [2.05, 4.69) is 10.6 Å². The first-order valence-corrected chi connectivity index (χ1v) is 2.37. The smallest absolute Gasteiger partial charge is 0.0937 e. The summed E-state index contributed by atoms with van der Waals surface area (Å²) in [5, 5.41) is 5.90. The normalized spacial score (nSPS) is 7.29. The van der Waals surface area contributed by atoms with Crippen LogP contribution in [0, 0.1) is 0 Å². The number of nitrogens with one attached hydrogen (secondary N) is 2. The van der Waals surface area contributed by atoms with Crippen LogP contribution >= 0.6 is 0 Å². The molecule has 0 heterocycles. The molecule has 2 N–H and O–H groups in total. The van der Waals surface area contributed by atoms with Crippen LogP contribution in [-0.4, -0.2) is 14.1 Å². The Morgan fingerprint density at radius 1 is 1.29 bits per heavy atom. The monoisotopic (exact) mass is 100 g/mol. The van der Waals surface area contributed by atoms with Gasteiger partial charge in [0.2, 0.25) is 0 Å². The van der Waals surface area contributed by atoms with Crippen molar-refractivity contribution in [3.63, 3.8) is 0 Å². The molecular weight excluding hydrogens is 88.1 g/mol. The van der Waals surface area contributed by atoms with Crippen molar-refractivity contribution in [2.45, 2.75) is 6.92 Å². The van der Waals surface area contributed by atoms with E-state index in [0.29, 0.717) is 0 Å². The molecule has 0 bridgehead atoms. The Hall–Kier alpha value is -0.660. The lowest BCUT2D eigenvalue weighted by atomic mass is 10.6. The molecule has 0 unspecified atom stereocenters. The largest absolute Gasteiger partial charge is 0.375 e. The molecule has 0 aromatic heterocycles. The predicted octanol–water partition coefficient (Wildman–Crippen LogP) is 0.286. The summed E-state index contributed by atoms with van der Waals surface area (Å²) in [4.78, 5) is 0. The van der Waals surface area contributed by atoms with Crippen molar-refractivity contribution >= 4 is 0 Å². The molecule has 42 valence electrons. The number of allylic oxidation sites excluding steroid dienone is 1. The maximum atomic E-state index is 2.95. The van der Waals surface area contributed by atoms with Crippen LogP contribution < -0.4 is 10.6 Å². The molecule has 0 aliphatic heterocycles. The molecule has 0 atom stereocenters. The van der Waals surface area contributed by atoms with Gasteiger partial charge < -0.3 is 10.6 Å². The highest BCUT2D eigenvalue weighted by atomic mass is 15.0. The van der Waals surface area contributed by atoms with Gasteiger partial charge in [0.25, 0.3) is 0 Å². The second kappa shape index (κ2) is 3.53. The Labute approximate surface area is 44.6 Å². The molecule has 2 nitrogen and oxygen atoms in total. The van der Waals surface area contributed by atoms with Crippen LogP contribution in [0.15, 0.2) is 11.9 Å². The summed E-state index contributed by atoms with van der Waals surface area (Å²) in [6.45, 7) is 1.97. The van der Waals surface area contributed by atoms with Crippen LogP contribution in [0.1, 0.15) is 6.92 Å². The van der Waals surface area contributed by atoms with E-state index in [-0.39, 0.29) is 0 Å². The summed E-state index contributed by atoms with van der Waals surface area (Å²) >= 11 is 0. The fourth-order valence-corrected chi connectivity index (χ4v) is 0.414. The Balaban J connectivity index is 3.38. The highest BCUT2D eigenvalue weighted by Gasteiger charge is 1.77. The molecule has 0 saturated carbocycles. The second-order valence-corrected chi connectivity index (χ2v) is 1.20. The minimum atomic E-state index is 1.06. The van der Waals surface area contributed by atoms with Gasteiger partial charge in [0.15, 0.2) is 0 Å². The minimum absolute atomic E-state index is 1.06.